The van der Waals surface area contributed by atoms with E-state index in [-0.39, 0.29) is 5.82 Å². The number of benzene rings is 2. The van der Waals surface area contributed by atoms with Crippen molar-refractivity contribution in [2.45, 2.75) is 20.4 Å². The van der Waals surface area contributed by atoms with Crippen LogP contribution in [0.15, 0.2) is 60.9 Å². The van der Waals surface area contributed by atoms with E-state index in [2.05, 4.69) is 52.2 Å². The molecule has 0 atom stereocenters. The maximum absolute atomic E-state index is 13.0. The van der Waals surface area contributed by atoms with E-state index in [4.69, 9.17) is 0 Å². The number of hydrogen-bond acceptors (Lipinski definition) is 4. The van der Waals surface area contributed by atoms with E-state index in [1.54, 1.807) is 18.5 Å². The van der Waals surface area contributed by atoms with Crippen molar-refractivity contribution in [1.82, 2.24) is 9.97 Å². The number of hydrogen-bond donors (Lipinski definition) is 1. The summed E-state index contributed by atoms with van der Waals surface area (Å²) < 4.78 is 13.0. The van der Waals surface area contributed by atoms with Crippen molar-refractivity contribution in [2.75, 3.05) is 16.8 Å². The number of rotatable bonds is 6. The van der Waals surface area contributed by atoms with E-state index in [0.717, 1.165) is 29.4 Å². The van der Waals surface area contributed by atoms with Gasteiger partial charge >= 0.3 is 0 Å². The quantitative estimate of drug-likeness (QED) is 0.709. The summed E-state index contributed by atoms with van der Waals surface area (Å²) in [7, 11) is 0. The highest BCUT2D eigenvalue weighted by molar-refractivity contribution is 5.62. The Morgan fingerprint density at radius 3 is 2.56 bits per heavy atom. The van der Waals surface area contributed by atoms with Crippen LogP contribution in [0.25, 0.3) is 0 Å². The van der Waals surface area contributed by atoms with Crippen LogP contribution in [-0.4, -0.2) is 16.5 Å². The van der Waals surface area contributed by atoms with Gasteiger partial charge in [0.25, 0.3) is 0 Å². The molecule has 0 aliphatic rings. The van der Waals surface area contributed by atoms with E-state index in [1.807, 2.05) is 12.1 Å². The van der Waals surface area contributed by atoms with Crippen LogP contribution in [-0.2, 0) is 6.54 Å². The highest BCUT2D eigenvalue weighted by Crippen LogP contribution is 2.25. The standard InChI is InChI=1S/C20H21FN4/c1-3-25(18-6-4-5-15(2)11-18)20-12-19(23-14-24-20)22-13-16-7-9-17(21)10-8-16/h4-12,14H,3,13H2,1-2H3,(H,22,23,24). The maximum Gasteiger partial charge on any atom is 0.138 e. The number of aryl methyl sites for hydroxylation is 1. The molecule has 0 saturated heterocycles. The highest BCUT2D eigenvalue weighted by atomic mass is 19.1. The van der Waals surface area contributed by atoms with Gasteiger partial charge in [-0.15, -0.1) is 0 Å². The molecule has 0 unspecified atom stereocenters. The Balaban J connectivity index is 1.76. The molecule has 4 nitrogen and oxygen atoms in total. The third-order valence-corrected chi connectivity index (χ3v) is 3.95. The first-order chi connectivity index (χ1) is 12.2. The second-order valence-electron chi connectivity index (χ2n) is 5.82. The lowest BCUT2D eigenvalue weighted by Crippen LogP contribution is -2.18. The minimum absolute atomic E-state index is 0.232. The smallest absolute Gasteiger partial charge is 0.138 e. The number of halogens is 1. The summed E-state index contributed by atoms with van der Waals surface area (Å²) in [5, 5.41) is 3.26. The fourth-order valence-electron chi connectivity index (χ4n) is 2.66. The molecule has 0 fully saturated rings. The molecule has 0 amide bonds. The first kappa shape index (κ1) is 16.9. The van der Waals surface area contributed by atoms with Crippen LogP contribution in [0.3, 0.4) is 0 Å². The molecule has 1 N–H and O–H groups in total. The first-order valence-electron chi connectivity index (χ1n) is 8.30. The summed E-state index contributed by atoms with van der Waals surface area (Å²) in [4.78, 5) is 10.8. The van der Waals surface area contributed by atoms with Crippen LogP contribution in [0.5, 0.6) is 0 Å². The normalized spacial score (nSPS) is 10.5. The molecule has 0 aliphatic heterocycles. The molecular weight excluding hydrogens is 315 g/mol. The van der Waals surface area contributed by atoms with Crippen LogP contribution in [0.2, 0.25) is 0 Å². The fourth-order valence-corrected chi connectivity index (χ4v) is 2.66. The van der Waals surface area contributed by atoms with Gasteiger partial charge in [-0.2, -0.15) is 0 Å². The van der Waals surface area contributed by atoms with Crippen molar-refractivity contribution in [3.05, 3.63) is 77.9 Å². The van der Waals surface area contributed by atoms with Crippen molar-refractivity contribution >= 4 is 17.3 Å². The Hall–Kier alpha value is -2.95. The van der Waals surface area contributed by atoms with Gasteiger partial charge in [-0.3, -0.25) is 0 Å². The lowest BCUT2D eigenvalue weighted by Gasteiger charge is -2.22. The zero-order valence-corrected chi connectivity index (χ0v) is 14.4. The molecule has 3 rings (SSSR count). The predicted molar refractivity (Wildman–Crippen MR) is 99.6 cm³/mol. The van der Waals surface area contributed by atoms with Crippen molar-refractivity contribution in [1.29, 1.82) is 0 Å². The van der Waals surface area contributed by atoms with Crippen LogP contribution in [0, 0.1) is 12.7 Å². The number of nitrogens with one attached hydrogen (secondary N) is 1. The fraction of sp³-hybridized carbons (Fsp3) is 0.200. The third-order valence-electron chi connectivity index (χ3n) is 3.95. The minimum atomic E-state index is -0.232. The minimum Gasteiger partial charge on any atom is -0.366 e. The number of nitrogens with zero attached hydrogens (tertiary/aromatic N) is 3. The molecule has 2 aromatic carbocycles. The largest absolute Gasteiger partial charge is 0.366 e. The Morgan fingerprint density at radius 2 is 1.84 bits per heavy atom. The molecule has 5 heteroatoms. The van der Waals surface area contributed by atoms with Gasteiger partial charge in [0.05, 0.1) is 0 Å². The molecule has 0 spiro atoms. The molecule has 0 saturated carbocycles. The molecule has 3 aromatic rings. The lowest BCUT2D eigenvalue weighted by molar-refractivity contribution is 0.627. The van der Waals surface area contributed by atoms with Gasteiger partial charge in [-0.1, -0.05) is 24.3 Å². The SMILES string of the molecule is CCN(c1cccc(C)c1)c1cc(NCc2ccc(F)cc2)ncn1. The van der Waals surface area contributed by atoms with Crippen molar-refractivity contribution in [3.8, 4) is 0 Å². The zero-order chi connectivity index (χ0) is 17.6. The van der Waals surface area contributed by atoms with Crippen molar-refractivity contribution < 1.29 is 4.39 Å². The molecule has 1 heterocycles. The summed E-state index contributed by atoms with van der Waals surface area (Å²) >= 11 is 0. The van der Waals surface area contributed by atoms with Crippen LogP contribution >= 0.6 is 0 Å². The van der Waals surface area contributed by atoms with E-state index in [9.17, 15) is 4.39 Å². The van der Waals surface area contributed by atoms with Gasteiger partial charge in [0, 0.05) is 24.8 Å². The van der Waals surface area contributed by atoms with E-state index in [0.29, 0.717) is 6.54 Å². The average Bonchev–Trinajstić information content (AvgIpc) is 2.62. The molecular formula is C20H21FN4. The molecule has 25 heavy (non-hydrogen) atoms. The molecule has 0 radical (unpaired) electrons. The predicted octanol–water partition coefficient (Wildman–Crippen LogP) is 4.69. The summed E-state index contributed by atoms with van der Waals surface area (Å²) in [6.07, 6.45) is 1.56. The average molecular weight is 336 g/mol. The Kier molecular flexibility index (Phi) is 5.23. The van der Waals surface area contributed by atoms with E-state index < -0.39 is 0 Å². The van der Waals surface area contributed by atoms with Crippen LogP contribution in [0.4, 0.5) is 21.7 Å². The van der Waals surface area contributed by atoms with Gasteiger partial charge in [0.1, 0.15) is 23.8 Å². The summed E-state index contributed by atoms with van der Waals surface area (Å²) in [5.41, 5.74) is 3.30. The molecule has 0 bridgehead atoms. The van der Waals surface area contributed by atoms with Gasteiger partial charge in [-0.25, -0.2) is 14.4 Å². The summed E-state index contributed by atoms with van der Waals surface area (Å²) in [6, 6.07) is 16.7. The Labute approximate surface area is 147 Å². The Bertz CT molecular complexity index is 833. The molecule has 0 aliphatic carbocycles. The molecule has 128 valence electrons. The summed E-state index contributed by atoms with van der Waals surface area (Å²) in [5.74, 6) is 1.34. The van der Waals surface area contributed by atoms with Gasteiger partial charge < -0.3 is 10.2 Å². The summed E-state index contributed by atoms with van der Waals surface area (Å²) in [6.45, 7) is 5.55. The monoisotopic (exact) mass is 336 g/mol. The molecule has 1 aromatic heterocycles. The third kappa shape index (κ3) is 4.32. The number of aromatic nitrogens is 2. The van der Waals surface area contributed by atoms with Crippen molar-refractivity contribution in [2.24, 2.45) is 0 Å². The van der Waals surface area contributed by atoms with Crippen molar-refractivity contribution in [3.63, 3.8) is 0 Å². The topological polar surface area (TPSA) is 41.0 Å². The van der Waals surface area contributed by atoms with Gasteiger partial charge in [0.2, 0.25) is 0 Å². The maximum atomic E-state index is 13.0. The van der Waals surface area contributed by atoms with Gasteiger partial charge in [-0.05, 0) is 49.2 Å². The lowest BCUT2D eigenvalue weighted by atomic mass is 10.2. The van der Waals surface area contributed by atoms with E-state index >= 15 is 0 Å². The Morgan fingerprint density at radius 1 is 1.04 bits per heavy atom. The van der Waals surface area contributed by atoms with Crippen LogP contribution < -0.4 is 10.2 Å². The second-order valence-corrected chi connectivity index (χ2v) is 5.82. The second kappa shape index (κ2) is 7.75. The number of anilines is 3. The first-order valence-corrected chi connectivity index (χ1v) is 8.30. The van der Waals surface area contributed by atoms with Crippen LogP contribution in [0.1, 0.15) is 18.1 Å². The highest BCUT2D eigenvalue weighted by Gasteiger charge is 2.10. The van der Waals surface area contributed by atoms with Gasteiger partial charge in [0.15, 0.2) is 0 Å². The van der Waals surface area contributed by atoms with E-state index in [1.165, 1.54) is 17.7 Å². The zero-order valence-electron chi connectivity index (χ0n) is 14.4.